The van der Waals surface area contributed by atoms with Crippen molar-refractivity contribution in [2.45, 2.75) is 25.7 Å². The smallest absolute Gasteiger partial charge is 0.414 e. The van der Waals surface area contributed by atoms with E-state index in [2.05, 4.69) is 12.1 Å². The molecule has 0 saturated carbocycles. The van der Waals surface area contributed by atoms with Crippen molar-refractivity contribution in [2.24, 2.45) is 0 Å². The van der Waals surface area contributed by atoms with Gasteiger partial charge in [-0.1, -0.05) is 23.7 Å². The summed E-state index contributed by atoms with van der Waals surface area (Å²) in [5, 5.41) is 9.65. The van der Waals surface area contributed by atoms with Gasteiger partial charge < -0.3 is 4.43 Å². The minimum atomic E-state index is -1.71. The molecule has 0 fully saturated rings. The molecule has 1 atom stereocenters. The summed E-state index contributed by atoms with van der Waals surface area (Å²) in [4.78, 5) is 0. The molecule has 0 spiro atoms. The van der Waals surface area contributed by atoms with E-state index in [1.54, 1.807) is 18.2 Å². The van der Waals surface area contributed by atoms with Crippen LogP contribution in [0.4, 0.5) is 0 Å². The Labute approximate surface area is 127 Å². The van der Waals surface area contributed by atoms with E-state index in [1.165, 1.54) is 0 Å². The molecule has 5 heteroatoms. The van der Waals surface area contributed by atoms with Crippen LogP contribution in [0.3, 0.4) is 0 Å². The van der Waals surface area contributed by atoms with Gasteiger partial charge in [0.25, 0.3) is 0 Å². The first-order valence-corrected chi connectivity index (χ1v) is 9.11. The zero-order chi connectivity index (χ0) is 12.9. The van der Waals surface area contributed by atoms with Crippen LogP contribution in [0.25, 0.3) is 6.08 Å². The van der Waals surface area contributed by atoms with Gasteiger partial charge >= 0.3 is 18.9 Å². The first-order valence-electron chi connectivity index (χ1n) is 5.33. The summed E-state index contributed by atoms with van der Waals surface area (Å²) in [7, 11) is -1.71. The zero-order valence-corrected chi connectivity index (χ0v) is 13.0. The number of benzene rings is 1. The first-order chi connectivity index (χ1) is 7.90. The Morgan fingerprint density at radius 3 is 2.33 bits per heavy atom. The fourth-order valence-corrected chi connectivity index (χ4v) is 2.14. The maximum Gasteiger partial charge on any atom is 1.00 e. The molecule has 0 aromatic heterocycles. The van der Waals surface area contributed by atoms with Crippen LogP contribution in [0.15, 0.2) is 24.3 Å². The summed E-state index contributed by atoms with van der Waals surface area (Å²) in [5.41, 5.74) is 0.953. The van der Waals surface area contributed by atoms with E-state index in [0.29, 0.717) is 5.02 Å². The summed E-state index contributed by atoms with van der Waals surface area (Å²) >= 11 is 5.78. The van der Waals surface area contributed by atoms with Gasteiger partial charge in [0.15, 0.2) is 8.32 Å². The minimum Gasteiger partial charge on any atom is -0.414 e. The van der Waals surface area contributed by atoms with Crippen LogP contribution >= 0.6 is 11.6 Å². The standard InChI is InChI=1S/C13H15ClNOSi.Li/c1-17(2,3)16-13(10-15)9-6-11-4-7-12(14)8-5-11;/h4-8,13H,1-3H3;/q-1;+1. The molecule has 0 saturated heterocycles. The fourth-order valence-electron chi connectivity index (χ4n) is 1.18. The Balaban J connectivity index is 0.00000289. The summed E-state index contributed by atoms with van der Waals surface area (Å²) in [6, 6.07) is 9.43. The molecule has 0 heterocycles. The van der Waals surface area contributed by atoms with Gasteiger partial charge in [0.05, 0.1) is 12.2 Å². The third-order valence-corrected chi connectivity index (χ3v) is 3.05. The molecule has 1 aromatic carbocycles. The van der Waals surface area contributed by atoms with Crippen molar-refractivity contribution in [3.63, 3.8) is 0 Å². The maximum atomic E-state index is 8.96. The van der Waals surface area contributed by atoms with Gasteiger partial charge in [-0.2, -0.15) is 10.8 Å². The van der Waals surface area contributed by atoms with Crippen LogP contribution in [0.1, 0.15) is 5.56 Å². The van der Waals surface area contributed by atoms with Crippen molar-refractivity contribution >= 4 is 26.0 Å². The predicted octanol–water partition coefficient (Wildman–Crippen LogP) is 0.904. The second kappa shape index (κ2) is 7.84. The molecule has 1 rings (SSSR count). The van der Waals surface area contributed by atoms with E-state index in [4.69, 9.17) is 21.3 Å². The van der Waals surface area contributed by atoms with E-state index in [9.17, 15) is 0 Å². The van der Waals surface area contributed by atoms with Crippen LogP contribution in [0, 0.1) is 17.4 Å². The number of hydrogen-bond donors (Lipinski definition) is 0. The van der Waals surface area contributed by atoms with Gasteiger partial charge in [-0.05, 0) is 19.6 Å². The normalized spacial score (nSPS) is 12.8. The van der Waals surface area contributed by atoms with Crippen LogP contribution in [-0.4, -0.2) is 14.4 Å². The molecule has 0 aliphatic carbocycles. The van der Waals surface area contributed by atoms with E-state index >= 15 is 0 Å². The monoisotopic (exact) mass is 271 g/mol. The number of halogens is 1. The SMILES string of the molecule is C[Si](C)(C)OC(C#N)[C-]=Cc1ccc(Cl)cc1.[Li+]. The molecule has 18 heavy (non-hydrogen) atoms. The summed E-state index contributed by atoms with van der Waals surface area (Å²) in [6.45, 7) is 6.13. The molecule has 0 aliphatic rings. The van der Waals surface area contributed by atoms with Crippen molar-refractivity contribution in [1.82, 2.24) is 0 Å². The van der Waals surface area contributed by atoms with E-state index in [-0.39, 0.29) is 18.9 Å². The summed E-state index contributed by atoms with van der Waals surface area (Å²) in [5.74, 6) is 0. The molecule has 0 amide bonds. The third kappa shape index (κ3) is 7.06. The molecule has 90 valence electrons. The molecular formula is C13H15ClLiNOSi. The van der Waals surface area contributed by atoms with Crippen molar-refractivity contribution < 1.29 is 23.3 Å². The largest absolute Gasteiger partial charge is 1.00 e. The van der Waals surface area contributed by atoms with Gasteiger partial charge in [-0.25, -0.2) is 12.2 Å². The van der Waals surface area contributed by atoms with E-state index < -0.39 is 14.4 Å². The van der Waals surface area contributed by atoms with Crippen LogP contribution in [0.2, 0.25) is 24.7 Å². The molecule has 1 unspecified atom stereocenters. The zero-order valence-electron chi connectivity index (χ0n) is 11.2. The van der Waals surface area contributed by atoms with E-state index in [0.717, 1.165) is 5.56 Å². The van der Waals surface area contributed by atoms with Crippen LogP contribution in [0.5, 0.6) is 0 Å². The molecule has 0 bridgehead atoms. The molecule has 1 aromatic rings. The van der Waals surface area contributed by atoms with Gasteiger partial charge in [0.1, 0.15) is 0 Å². The Morgan fingerprint density at radius 1 is 1.33 bits per heavy atom. The molecule has 0 radical (unpaired) electrons. The molecule has 2 nitrogen and oxygen atoms in total. The summed E-state index contributed by atoms with van der Waals surface area (Å²) < 4.78 is 5.64. The third-order valence-electron chi connectivity index (χ3n) is 1.86. The second-order valence-electron chi connectivity index (χ2n) is 4.60. The second-order valence-corrected chi connectivity index (χ2v) is 9.50. The van der Waals surface area contributed by atoms with Crippen LogP contribution in [-0.2, 0) is 4.43 Å². The number of nitrogens with zero attached hydrogens (tertiary/aromatic N) is 1. The Bertz CT molecular complexity index is 434. The van der Waals surface area contributed by atoms with Gasteiger partial charge in [-0.15, -0.1) is 12.1 Å². The number of hydrogen-bond acceptors (Lipinski definition) is 2. The predicted molar refractivity (Wildman–Crippen MR) is 73.0 cm³/mol. The average Bonchev–Trinajstić information content (AvgIpc) is 2.25. The average molecular weight is 272 g/mol. The first kappa shape index (κ1) is 17.5. The van der Waals surface area contributed by atoms with Crippen molar-refractivity contribution in [3.8, 4) is 6.07 Å². The van der Waals surface area contributed by atoms with Crippen molar-refractivity contribution in [1.29, 1.82) is 5.26 Å². The van der Waals surface area contributed by atoms with Gasteiger partial charge in [-0.3, -0.25) is 0 Å². The molecule has 0 aliphatic heterocycles. The molecular weight excluding hydrogens is 257 g/mol. The summed E-state index contributed by atoms with van der Waals surface area (Å²) in [6.07, 6.45) is 4.10. The molecule has 0 N–H and O–H groups in total. The van der Waals surface area contributed by atoms with Crippen molar-refractivity contribution in [2.75, 3.05) is 0 Å². The fraction of sp³-hybridized carbons (Fsp3) is 0.308. The Morgan fingerprint density at radius 2 is 1.89 bits per heavy atom. The Hall–Kier alpha value is -0.486. The van der Waals surface area contributed by atoms with Gasteiger partial charge in [0.2, 0.25) is 0 Å². The van der Waals surface area contributed by atoms with E-state index in [1.807, 2.05) is 31.8 Å². The topological polar surface area (TPSA) is 33.0 Å². The Kier molecular flexibility index (Phi) is 7.63. The maximum absolute atomic E-state index is 8.96. The van der Waals surface area contributed by atoms with Gasteiger partial charge in [0, 0.05) is 5.02 Å². The number of rotatable bonds is 4. The number of nitriles is 1. The minimum absolute atomic E-state index is 0. The van der Waals surface area contributed by atoms with Crippen molar-refractivity contribution in [3.05, 3.63) is 40.9 Å². The quantitative estimate of drug-likeness (QED) is 0.602. The van der Waals surface area contributed by atoms with Crippen LogP contribution < -0.4 is 18.9 Å².